The van der Waals surface area contributed by atoms with Crippen molar-refractivity contribution in [1.29, 1.82) is 0 Å². The minimum Gasteiger partial charge on any atom is -0.494 e. The molecule has 0 spiro atoms. The number of carbonyl (C=O) groups is 1. The zero-order chi connectivity index (χ0) is 20.1. The van der Waals surface area contributed by atoms with Crippen LogP contribution in [0, 0.1) is 13.8 Å². The number of benzene rings is 2. The van der Waals surface area contributed by atoms with E-state index in [0.717, 1.165) is 28.4 Å². The number of hydrogen-bond acceptors (Lipinski definition) is 3. The van der Waals surface area contributed by atoms with E-state index < -0.39 is 0 Å². The molecule has 2 aromatic carbocycles. The summed E-state index contributed by atoms with van der Waals surface area (Å²) < 4.78 is 7.48. The van der Waals surface area contributed by atoms with Gasteiger partial charge in [-0.05, 0) is 69.3 Å². The smallest absolute Gasteiger partial charge is 0.271 e. The molecule has 1 heterocycles. The Labute approximate surface area is 169 Å². The fraction of sp³-hybridized carbons (Fsp3) is 0.182. The third kappa shape index (κ3) is 4.43. The number of aromatic nitrogens is 1. The lowest BCUT2D eigenvalue weighted by Crippen LogP contribution is -2.17. The molecule has 0 unspecified atom stereocenters. The minimum atomic E-state index is -0.275. The van der Waals surface area contributed by atoms with E-state index in [1.54, 1.807) is 30.5 Å². The summed E-state index contributed by atoms with van der Waals surface area (Å²) in [5.41, 5.74) is 7.06. The maximum atomic E-state index is 12.2. The number of hydrazone groups is 1. The predicted molar refractivity (Wildman–Crippen MR) is 113 cm³/mol. The van der Waals surface area contributed by atoms with Crippen molar-refractivity contribution in [1.82, 2.24) is 9.99 Å². The lowest BCUT2D eigenvalue weighted by molar-refractivity contribution is 0.0955. The zero-order valence-corrected chi connectivity index (χ0v) is 16.8. The number of nitrogens with zero attached hydrogens (tertiary/aromatic N) is 2. The van der Waals surface area contributed by atoms with Crippen LogP contribution in [0.15, 0.2) is 59.7 Å². The molecule has 3 rings (SSSR count). The van der Waals surface area contributed by atoms with Crippen molar-refractivity contribution < 1.29 is 9.53 Å². The van der Waals surface area contributed by atoms with Gasteiger partial charge in [-0.3, -0.25) is 4.79 Å². The molecule has 144 valence electrons. The molecule has 1 N–H and O–H groups in total. The van der Waals surface area contributed by atoms with Crippen molar-refractivity contribution in [3.8, 4) is 11.4 Å². The molecule has 0 radical (unpaired) electrons. The number of aryl methyl sites for hydroxylation is 1. The summed E-state index contributed by atoms with van der Waals surface area (Å²) in [6.45, 7) is 6.52. The molecule has 0 aliphatic carbocycles. The lowest BCUT2D eigenvalue weighted by atomic mass is 10.2. The maximum absolute atomic E-state index is 12.2. The first-order valence-electron chi connectivity index (χ1n) is 9.00. The summed E-state index contributed by atoms with van der Waals surface area (Å²) in [5, 5.41) is 4.79. The van der Waals surface area contributed by atoms with Gasteiger partial charge >= 0.3 is 0 Å². The molecule has 0 atom stereocenters. The molecule has 28 heavy (non-hydrogen) atoms. The van der Waals surface area contributed by atoms with E-state index in [0.29, 0.717) is 17.2 Å². The van der Waals surface area contributed by atoms with E-state index in [1.807, 2.05) is 51.1 Å². The Morgan fingerprint density at radius 1 is 1.18 bits per heavy atom. The summed E-state index contributed by atoms with van der Waals surface area (Å²) in [6, 6.07) is 16.6. The van der Waals surface area contributed by atoms with Gasteiger partial charge in [0.1, 0.15) is 5.75 Å². The number of nitrogens with one attached hydrogen (secondary N) is 1. The Kier molecular flexibility index (Phi) is 6.16. The first-order valence-corrected chi connectivity index (χ1v) is 9.38. The average molecular weight is 396 g/mol. The molecular weight excluding hydrogens is 374 g/mol. The van der Waals surface area contributed by atoms with E-state index >= 15 is 0 Å². The van der Waals surface area contributed by atoms with Crippen molar-refractivity contribution >= 4 is 23.7 Å². The molecule has 0 saturated carbocycles. The highest BCUT2D eigenvalue weighted by molar-refractivity contribution is 6.30. The first-order chi connectivity index (χ1) is 13.5. The van der Waals surface area contributed by atoms with Crippen molar-refractivity contribution in [3.63, 3.8) is 0 Å². The van der Waals surface area contributed by atoms with Gasteiger partial charge in [-0.25, -0.2) is 5.43 Å². The van der Waals surface area contributed by atoms with Crippen molar-refractivity contribution in [2.45, 2.75) is 20.8 Å². The second kappa shape index (κ2) is 8.76. The molecular formula is C22H22ClN3O2. The van der Waals surface area contributed by atoms with Gasteiger partial charge in [0.2, 0.25) is 0 Å². The van der Waals surface area contributed by atoms with Crippen LogP contribution in [-0.2, 0) is 0 Å². The second-order valence-corrected chi connectivity index (χ2v) is 6.73. The summed E-state index contributed by atoms with van der Waals surface area (Å²) >= 11 is 6.12. The Balaban J connectivity index is 1.72. The average Bonchev–Trinajstić information content (AvgIpc) is 2.96. The summed E-state index contributed by atoms with van der Waals surface area (Å²) in [7, 11) is 0. The van der Waals surface area contributed by atoms with Crippen LogP contribution in [0.2, 0.25) is 5.02 Å². The molecule has 0 aliphatic rings. The van der Waals surface area contributed by atoms with Gasteiger partial charge < -0.3 is 9.30 Å². The van der Waals surface area contributed by atoms with Crippen LogP contribution in [-0.4, -0.2) is 23.3 Å². The van der Waals surface area contributed by atoms with Gasteiger partial charge in [-0.15, -0.1) is 0 Å². The van der Waals surface area contributed by atoms with Crippen LogP contribution >= 0.6 is 11.6 Å². The third-order valence-corrected chi connectivity index (χ3v) is 4.57. The quantitative estimate of drug-likeness (QED) is 0.476. The fourth-order valence-electron chi connectivity index (χ4n) is 3.03. The van der Waals surface area contributed by atoms with Crippen LogP contribution in [0.5, 0.6) is 5.75 Å². The van der Waals surface area contributed by atoms with Crippen molar-refractivity contribution in [3.05, 3.63) is 82.1 Å². The highest BCUT2D eigenvalue weighted by Gasteiger charge is 2.10. The number of rotatable bonds is 6. The number of amides is 1. The maximum Gasteiger partial charge on any atom is 0.271 e. The number of carbonyl (C=O) groups excluding carboxylic acids is 1. The van der Waals surface area contributed by atoms with Gasteiger partial charge in [0.25, 0.3) is 5.91 Å². The SMILES string of the molecule is CCOc1ccc(C(=O)N/N=C/c2cc(C)n(-c3cccc(Cl)c3)c2C)cc1. The van der Waals surface area contributed by atoms with Gasteiger partial charge in [0.15, 0.2) is 0 Å². The molecule has 0 aliphatic heterocycles. The summed E-state index contributed by atoms with van der Waals surface area (Å²) in [5.74, 6) is 0.457. The van der Waals surface area contributed by atoms with Crippen LogP contribution in [0.3, 0.4) is 0 Å². The minimum absolute atomic E-state index is 0.275. The van der Waals surface area contributed by atoms with E-state index in [9.17, 15) is 4.79 Å². The molecule has 5 nitrogen and oxygen atoms in total. The molecule has 1 amide bonds. The van der Waals surface area contributed by atoms with Crippen LogP contribution < -0.4 is 10.2 Å². The summed E-state index contributed by atoms with van der Waals surface area (Å²) in [4.78, 5) is 12.2. The normalized spacial score (nSPS) is 11.0. The van der Waals surface area contributed by atoms with Crippen LogP contribution in [0.1, 0.15) is 34.2 Å². The standard InChI is InChI=1S/C22H22ClN3O2/c1-4-28-21-10-8-17(9-11-21)22(27)25-24-14-18-12-15(2)26(16(18)3)20-7-5-6-19(23)13-20/h5-14H,4H2,1-3H3,(H,25,27)/b24-14+. The summed E-state index contributed by atoms with van der Waals surface area (Å²) in [6.07, 6.45) is 1.65. The molecule has 0 bridgehead atoms. The van der Waals surface area contributed by atoms with Gasteiger partial charge in [-0.2, -0.15) is 5.10 Å². The Bertz CT molecular complexity index is 1010. The zero-order valence-electron chi connectivity index (χ0n) is 16.1. The second-order valence-electron chi connectivity index (χ2n) is 6.30. The third-order valence-electron chi connectivity index (χ3n) is 4.33. The van der Waals surface area contributed by atoms with E-state index in [-0.39, 0.29) is 5.91 Å². The molecule has 0 fully saturated rings. The van der Waals surface area contributed by atoms with Gasteiger partial charge in [0, 0.05) is 33.2 Å². The van der Waals surface area contributed by atoms with E-state index in [4.69, 9.17) is 16.3 Å². The first kappa shape index (κ1) is 19.7. The van der Waals surface area contributed by atoms with Gasteiger partial charge in [-0.1, -0.05) is 17.7 Å². The topological polar surface area (TPSA) is 55.6 Å². The lowest BCUT2D eigenvalue weighted by Gasteiger charge is -2.09. The van der Waals surface area contributed by atoms with E-state index in [2.05, 4.69) is 15.1 Å². The highest BCUT2D eigenvalue weighted by atomic mass is 35.5. The Hall–Kier alpha value is -3.05. The largest absolute Gasteiger partial charge is 0.494 e. The predicted octanol–water partition coefficient (Wildman–Crippen LogP) is 4.91. The van der Waals surface area contributed by atoms with Crippen LogP contribution in [0.25, 0.3) is 5.69 Å². The Morgan fingerprint density at radius 3 is 2.61 bits per heavy atom. The van der Waals surface area contributed by atoms with Gasteiger partial charge in [0.05, 0.1) is 12.8 Å². The number of ether oxygens (including phenoxy) is 1. The van der Waals surface area contributed by atoms with Crippen molar-refractivity contribution in [2.75, 3.05) is 6.61 Å². The van der Waals surface area contributed by atoms with Crippen LogP contribution in [0.4, 0.5) is 0 Å². The highest BCUT2D eigenvalue weighted by Crippen LogP contribution is 2.22. The molecule has 1 aromatic heterocycles. The van der Waals surface area contributed by atoms with E-state index in [1.165, 1.54) is 0 Å². The van der Waals surface area contributed by atoms with Crippen molar-refractivity contribution in [2.24, 2.45) is 5.10 Å². The number of hydrogen-bond donors (Lipinski definition) is 1. The Morgan fingerprint density at radius 2 is 1.93 bits per heavy atom. The molecule has 3 aromatic rings. The monoisotopic (exact) mass is 395 g/mol. The number of halogens is 1. The molecule has 0 saturated heterocycles. The molecule has 6 heteroatoms. The fourth-order valence-corrected chi connectivity index (χ4v) is 3.21.